The normalized spacial score (nSPS) is 22.0. The number of benzene rings is 1. The third-order valence-corrected chi connectivity index (χ3v) is 7.54. The summed E-state index contributed by atoms with van der Waals surface area (Å²) < 4.78 is 29.2. The molecule has 1 aromatic carbocycles. The van der Waals surface area contributed by atoms with Crippen LogP contribution in [-0.2, 0) is 19.4 Å². The second kappa shape index (κ2) is 8.64. The van der Waals surface area contributed by atoms with Gasteiger partial charge in [0.2, 0.25) is 0 Å². The molecule has 0 radical (unpaired) electrons. The van der Waals surface area contributed by atoms with E-state index in [0.29, 0.717) is 12.0 Å². The van der Waals surface area contributed by atoms with E-state index in [4.69, 9.17) is 4.74 Å². The van der Waals surface area contributed by atoms with Crippen LogP contribution in [0, 0.1) is 13.8 Å². The fraction of sp³-hybridized carbons (Fsp3) is 0.619. The lowest BCUT2D eigenvalue weighted by atomic mass is 9.93. The van der Waals surface area contributed by atoms with Gasteiger partial charge in [0.1, 0.15) is 0 Å². The van der Waals surface area contributed by atoms with E-state index in [1.54, 1.807) is 11.0 Å². The van der Waals surface area contributed by atoms with E-state index in [9.17, 15) is 18.0 Å². The van der Waals surface area contributed by atoms with E-state index >= 15 is 0 Å². The first-order valence-corrected chi connectivity index (χ1v) is 11.8. The number of amides is 1. The molecule has 1 aromatic rings. The molecule has 0 bridgehead atoms. The lowest BCUT2D eigenvalue weighted by Gasteiger charge is -2.38. The van der Waals surface area contributed by atoms with Crippen LogP contribution < -0.4 is 0 Å². The number of nitrogens with zero attached hydrogens (tertiary/aromatic N) is 1. The summed E-state index contributed by atoms with van der Waals surface area (Å²) in [5, 5.41) is 0. The Bertz CT molecular complexity index is 842. The van der Waals surface area contributed by atoms with Crippen molar-refractivity contribution in [1.29, 1.82) is 0 Å². The molecule has 7 heteroatoms. The fourth-order valence-electron chi connectivity index (χ4n) is 4.38. The number of aryl methyl sites for hydroxylation is 2. The molecular weight excluding hydrogens is 378 g/mol. The highest BCUT2D eigenvalue weighted by Crippen LogP contribution is 2.28. The molecule has 28 heavy (non-hydrogen) atoms. The third-order valence-electron chi connectivity index (χ3n) is 5.79. The van der Waals surface area contributed by atoms with Crippen molar-refractivity contribution in [2.24, 2.45) is 0 Å². The Balaban J connectivity index is 1.69. The highest BCUT2D eigenvalue weighted by Gasteiger charge is 2.38. The molecule has 0 spiro atoms. The smallest absolute Gasteiger partial charge is 0.338 e. The molecule has 154 valence electrons. The number of carbonyl (C=O) groups is 2. The van der Waals surface area contributed by atoms with Crippen LogP contribution in [0.2, 0.25) is 0 Å². The summed E-state index contributed by atoms with van der Waals surface area (Å²) in [6.07, 6.45) is 5.45. The van der Waals surface area contributed by atoms with Gasteiger partial charge in [-0.15, -0.1) is 0 Å². The summed E-state index contributed by atoms with van der Waals surface area (Å²) in [7, 11) is -3.10. The average molecular weight is 408 g/mol. The van der Waals surface area contributed by atoms with Crippen LogP contribution in [0.25, 0.3) is 0 Å². The number of carbonyl (C=O) groups excluding carboxylic acids is 2. The molecule has 1 heterocycles. The Morgan fingerprint density at radius 3 is 2.39 bits per heavy atom. The van der Waals surface area contributed by atoms with Crippen LogP contribution in [0.1, 0.15) is 60.0 Å². The van der Waals surface area contributed by atoms with Crippen molar-refractivity contribution in [3.05, 3.63) is 34.9 Å². The zero-order valence-corrected chi connectivity index (χ0v) is 17.5. The topological polar surface area (TPSA) is 80.8 Å². The maximum Gasteiger partial charge on any atom is 0.338 e. The number of esters is 1. The Labute approximate surface area is 167 Å². The second-order valence-corrected chi connectivity index (χ2v) is 10.3. The van der Waals surface area contributed by atoms with Crippen molar-refractivity contribution >= 4 is 21.7 Å². The predicted molar refractivity (Wildman–Crippen MR) is 107 cm³/mol. The van der Waals surface area contributed by atoms with Crippen LogP contribution in [0.5, 0.6) is 0 Å². The van der Waals surface area contributed by atoms with Gasteiger partial charge in [0.25, 0.3) is 5.91 Å². The Morgan fingerprint density at radius 2 is 1.79 bits per heavy atom. The summed E-state index contributed by atoms with van der Waals surface area (Å²) in [5.74, 6) is -0.669. The quantitative estimate of drug-likeness (QED) is 0.701. The van der Waals surface area contributed by atoms with Gasteiger partial charge < -0.3 is 9.64 Å². The van der Waals surface area contributed by atoms with E-state index < -0.39 is 15.8 Å². The van der Waals surface area contributed by atoms with Gasteiger partial charge in [0, 0.05) is 12.1 Å². The second-order valence-electron chi connectivity index (χ2n) is 8.04. The number of hydrogen-bond donors (Lipinski definition) is 0. The highest BCUT2D eigenvalue weighted by molar-refractivity contribution is 7.91. The number of sulfone groups is 1. The Kier molecular flexibility index (Phi) is 6.43. The molecule has 0 N–H and O–H groups in total. The van der Waals surface area contributed by atoms with E-state index in [0.717, 1.165) is 43.2 Å². The molecule has 1 aliphatic carbocycles. The van der Waals surface area contributed by atoms with Gasteiger partial charge in [-0.1, -0.05) is 37.0 Å². The van der Waals surface area contributed by atoms with Gasteiger partial charge in [-0.3, -0.25) is 4.79 Å². The molecule has 1 saturated carbocycles. The zero-order chi connectivity index (χ0) is 20.3. The molecule has 2 fully saturated rings. The molecule has 1 aliphatic heterocycles. The number of ether oxygens (including phenoxy) is 1. The monoisotopic (exact) mass is 407 g/mol. The van der Waals surface area contributed by atoms with E-state index in [1.807, 2.05) is 26.0 Å². The van der Waals surface area contributed by atoms with Crippen molar-refractivity contribution in [1.82, 2.24) is 4.90 Å². The van der Waals surface area contributed by atoms with Crippen molar-refractivity contribution in [2.45, 2.75) is 64.5 Å². The van der Waals surface area contributed by atoms with Crippen LogP contribution in [0.3, 0.4) is 0 Å². The summed E-state index contributed by atoms with van der Waals surface area (Å²) >= 11 is 0. The standard InChI is InChI=1S/C21H29NO5S/c1-15-8-9-19(16(2)12-15)21(24)27-13-20(23)22(17-6-4-3-5-7-17)18-10-11-28(25,26)14-18/h8-9,12,17-18H,3-7,10-11,13-14H2,1-2H3/t18-/m1/s1. The first-order valence-electron chi connectivity index (χ1n) is 10.0. The minimum absolute atomic E-state index is 0.0141. The molecule has 1 amide bonds. The van der Waals surface area contributed by atoms with Crippen LogP contribution in [0.4, 0.5) is 0 Å². The fourth-order valence-corrected chi connectivity index (χ4v) is 6.09. The first-order chi connectivity index (χ1) is 13.3. The van der Waals surface area contributed by atoms with Crippen LogP contribution >= 0.6 is 0 Å². The van der Waals surface area contributed by atoms with Crippen LogP contribution in [0.15, 0.2) is 18.2 Å². The van der Waals surface area contributed by atoms with E-state index in [2.05, 4.69) is 0 Å². The van der Waals surface area contributed by atoms with E-state index in [-0.39, 0.29) is 36.1 Å². The highest BCUT2D eigenvalue weighted by atomic mass is 32.2. The van der Waals surface area contributed by atoms with E-state index in [1.165, 1.54) is 0 Å². The predicted octanol–water partition coefficient (Wildman–Crippen LogP) is 2.81. The molecule has 1 saturated heterocycles. The molecule has 6 nitrogen and oxygen atoms in total. The average Bonchev–Trinajstić information content (AvgIpc) is 3.00. The van der Waals surface area contributed by atoms with Gasteiger partial charge in [-0.05, 0) is 44.7 Å². The van der Waals surface area contributed by atoms with Crippen molar-refractivity contribution in [3.63, 3.8) is 0 Å². The summed E-state index contributed by atoms with van der Waals surface area (Å²) in [5.41, 5.74) is 2.31. The van der Waals surface area contributed by atoms with Crippen molar-refractivity contribution in [3.8, 4) is 0 Å². The van der Waals surface area contributed by atoms with Crippen LogP contribution in [-0.4, -0.2) is 55.4 Å². The van der Waals surface area contributed by atoms with Gasteiger partial charge in [-0.2, -0.15) is 0 Å². The van der Waals surface area contributed by atoms with Crippen molar-refractivity contribution < 1.29 is 22.7 Å². The first kappa shape index (κ1) is 20.8. The maximum atomic E-state index is 13.0. The van der Waals surface area contributed by atoms with Gasteiger partial charge in [0.15, 0.2) is 16.4 Å². The molecule has 2 aliphatic rings. The van der Waals surface area contributed by atoms with Gasteiger partial charge >= 0.3 is 5.97 Å². The van der Waals surface area contributed by atoms with Gasteiger partial charge in [-0.25, -0.2) is 13.2 Å². The number of hydrogen-bond acceptors (Lipinski definition) is 5. The summed E-state index contributed by atoms with van der Waals surface area (Å²) in [4.78, 5) is 27.1. The minimum Gasteiger partial charge on any atom is -0.452 e. The molecule has 3 rings (SSSR count). The Hall–Kier alpha value is -1.89. The Morgan fingerprint density at radius 1 is 1.07 bits per heavy atom. The molecular formula is C21H29NO5S. The number of rotatable bonds is 5. The molecule has 1 atom stereocenters. The molecule has 0 unspecified atom stereocenters. The molecule has 0 aromatic heterocycles. The lowest BCUT2D eigenvalue weighted by Crippen LogP contribution is -2.50. The summed E-state index contributed by atoms with van der Waals surface area (Å²) in [6.45, 7) is 3.44. The zero-order valence-electron chi connectivity index (χ0n) is 16.6. The summed E-state index contributed by atoms with van der Waals surface area (Å²) in [6, 6.07) is 5.18. The minimum atomic E-state index is -3.10. The largest absolute Gasteiger partial charge is 0.452 e. The third kappa shape index (κ3) is 4.93. The SMILES string of the molecule is Cc1ccc(C(=O)OCC(=O)N(C2CCCCC2)[C@@H]2CCS(=O)(=O)C2)c(C)c1. The maximum absolute atomic E-state index is 13.0. The van der Waals surface area contributed by atoms with Crippen molar-refractivity contribution in [2.75, 3.05) is 18.1 Å². The lowest BCUT2D eigenvalue weighted by molar-refractivity contribution is -0.140. The van der Waals surface area contributed by atoms with Gasteiger partial charge in [0.05, 0.1) is 17.1 Å².